The first kappa shape index (κ1) is 25.4. The maximum absolute atomic E-state index is 12.6. The van der Waals surface area contributed by atoms with Crippen LogP contribution in [0.5, 0.6) is 28.7 Å². The Labute approximate surface area is 193 Å². The van der Waals surface area contributed by atoms with Gasteiger partial charge in [0.25, 0.3) is 5.91 Å². The lowest BCUT2D eigenvalue weighted by molar-refractivity contribution is 0.0833. The maximum atomic E-state index is 12.6. The van der Waals surface area contributed by atoms with E-state index in [4.69, 9.17) is 35.3 Å². The second-order valence-corrected chi connectivity index (χ2v) is 7.14. The normalized spacial score (nSPS) is 11.4. The van der Waals surface area contributed by atoms with E-state index in [9.17, 15) is 9.90 Å². The molecule has 176 valence electrons. The molecule has 2 aromatic rings. The monoisotopic (exact) mass is 467 g/mol. The molecule has 0 aliphatic heterocycles. The number of rotatable bonds is 13. The number of para-hydroxylation sites is 1. The molecule has 2 N–H and O–H groups in total. The number of benzene rings is 2. The van der Waals surface area contributed by atoms with Crippen LogP contribution in [0.3, 0.4) is 0 Å². The van der Waals surface area contributed by atoms with Gasteiger partial charge in [0.15, 0.2) is 23.0 Å². The van der Waals surface area contributed by atoms with Gasteiger partial charge < -0.3 is 34.1 Å². The lowest BCUT2D eigenvalue weighted by Gasteiger charge is -2.17. The Morgan fingerprint density at radius 2 is 1.72 bits per heavy atom. The van der Waals surface area contributed by atoms with Crippen LogP contribution in [0.15, 0.2) is 30.3 Å². The maximum Gasteiger partial charge on any atom is 0.251 e. The Bertz CT molecular complexity index is 869. The van der Waals surface area contributed by atoms with Gasteiger partial charge in [-0.1, -0.05) is 24.6 Å². The molecule has 1 atom stereocenters. The van der Waals surface area contributed by atoms with E-state index >= 15 is 0 Å². The minimum Gasteiger partial charge on any atom is -0.493 e. The summed E-state index contributed by atoms with van der Waals surface area (Å²) in [5.74, 6) is 1.72. The van der Waals surface area contributed by atoms with E-state index in [2.05, 4.69) is 5.32 Å². The second-order valence-electron chi connectivity index (χ2n) is 6.73. The number of aliphatic hydroxyl groups is 1. The standard InChI is InChI=1S/C23H30ClNO7/c1-5-10-31-21-17(24)11-15(12-20(21)30-6-2)23(27)25-13-16(26)14-32-22-18(28-3)8-7-9-19(22)29-4/h7-9,11-12,16,26H,5-6,10,13-14H2,1-4H3,(H,25,27). The molecule has 2 rings (SSSR count). The SMILES string of the molecule is CCCOc1c(Cl)cc(C(=O)NCC(O)COc2c(OC)cccc2OC)cc1OCC. The largest absolute Gasteiger partial charge is 0.493 e. The van der Waals surface area contributed by atoms with Gasteiger partial charge >= 0.3 is 0 Å². The molecular formula is C23H30ClNO7. The molecule has 0 spiro atoms. The highest BCUT2D eigenvalue weighted by atomic mass is 35.5. The van der Waals surface area contributed by atoms with E-state index in [1.165, 1.54) is 20.3 Å². The van der Waals surface area contributed by atoms with Crippen molar-refractivity contribution in [2.45, 2.75) is 26.4 Å². The van der Waals surface area contributed by atoms with Crippen molar-refractivity contribution in [1.82, 2.24) is 5.32 Å². The van der Waals surface area contributed by atoms with Crippen LogP contribution < -0.4 is 29.0 Å². The predicted molar refractivity (Wildman–Crippen MR) is 122 cm³/mol. The number of hydrogen-bond donors (Lipinski definition) is 2. The Morgan fingerprint density at radius 3 is 2.31 bits per heavy atom. The fourth-order valence-electron chi connectivity index (χ4n) is 2.82. The van der Waals surface area contributed by atoms with Gasteiger partial charge in [-0.2, -0.15) is 0 Å². The molecular weight excluding hydrogens is 438 g/mol. The molecule has 1 unspecified atom stereocenters. The molecule has 0 radical (unpaired) electrons. The highest BCUT2D eigenvalue weighted by Crippen LogP contribution is 2.37. The van der Waals surface area contributed by atoms with Crippen LogP contribution in [0, 0.1) is 0 Å². The van der Waals surface area contributed by atoms with Crippen LogP contribution in [-0.2, 0) is 0 Å². The van der Waals surface area contributed by atoms with Gasteiger partial charge in [0.05, 0.1) is 32.5 Å². The number of carbonyl (C=O) groups excluding carboxylic acids is 1. The number of amides is 1. The van der Waals surface area contributed by atoms with Crippen LogP contribution in [-0.4, -0.2) is 57.7 Å². The quantitative estimate of drug-likeness (QED) is 0.463. The lowest BCUT2D eigenvalue weighted by Crippen LogP contribution is -2.35. The molecule has 9 heteroatoms. The van der Waals surface area contributed by atoms with Crippen molar-refractivity contribution in [1.29, 1.82) is 0 Å². The zero-order valence-electron chi connectivity index (χ0n) is 18.8. The molecule has 1 amide bonds. The molecule has 8 nitrogen and oxygen atoms in total. The highest BCUT2D eigenvalue weighted by molar-refractivity contribution is 6.32. The highest BCUT2D eigenvalue weighted by Gasteiger charge is 2.18. The number of hydrogen-bond acceptors (Lipinski definition) is 7. The minimum absolute atomic E-state index is 0.0357. The predicted octanol–water partition coefficient (Wildman–Crippen LogP) is 3.71. The van der Waals surface area contributed by atoms with Gasteiger partial charge in [-0.05, 0) is 37.6 Å². The molecule has 2 aromatic carbocycles. The summed E-state index contributed by atoms with van der Waals surface area (Å²) in [4.78, 5) is 12.6. The van der Waals surface area contributed by atoms with E-state index in [-0.39, 0.29) is 18.2 Å². The molecule has 0 heterocycles. The van der Waals surface area contributed by atoms with Crippen molar-refractivity contribution in [3.63, 3.8) is 0 Å². The van der Waals surface area contributed by atoms with Crippen molar-refractivity contribution in [3.8, 4) is 28.7 Å². The third-order valence-corrected chi connectivity index (χ3v) is 4.60. The Balaban J connectivity index is 2.00. The number of ether oxygens (including phenoxy) is 5. The van der Waals surface area contributed by atoms with Crippen LogP contribution in [0.2, 0.25) is 5.02 Å². The molecule has 0 saturated carbocycles. The number of carbonyl (C=O) groups is 1. The zero-order chi connectivity index (χ0) is 23.5. The number of halogens is 1. The summed E-state index contributed by atoms with van der Waals surface area (Å²) in [6, 6.07) is 8.28. The summed E-state index contributed by atoms with van der Waals surface area (Å²) in [5.41, 5.74) is 0.293. The average molecular weight is 468 g/mol. The summed E-state index contributed by atoms with van der Waals surface area (Å²) < 4.78 is 27.4. The summed E-state index contributed by atoms with van der Waals surface area (Å²) in [5, 5.41) is 13.2. The lowest BCUT2D eigenvalue weighted by atomic mass is 10.1. The van der Waals surface area contributed by atoms with Gasteiger partial charge in [0, 0.05) is 12.1 Å². The third-order valence-electron chi connectivity index (χ3n) is 4.32. The van der Waals surface area contributed by atoms with Crippen molar-refractivity contribution >= 4 is 17.5 Å². The van der Waals surface area contributed by atoms with E-state index in [0.29, 0.717) is 47.5 Å². The first-order chi connectivity index (χ1) is 15.4. The topological polar surface area (TPSA) is 95.5 Å². The summed E-state index contributed by atoms with van der Waals surface area (Å²) in [6.07, 6.45) is -0.160. The molecule has 0 aliphatic rings. The molecule has 32 heavy (non-hydrogen) atoms. The number of nitrogens with one attached hydrogen (secondary N) is 1. The molecule has 0 aromatic heterocycles. The van der Waals surface area contributed by atoms with Crippen molar-refractivity contribution < 1.29 is 33.6 Å². The number of aliphatic hydroxyl groups excluding tert-OH is 1. The fraction of sp³-hybridized carbons (Fsp3) is 0.435. The van der Waals surface area contributed by atoms with E-state index < -0.39 is 12.0 Å². The van der Waals surface area contributed by atoms with Gasteiger partial charge in [-0.25, -0.2) is 0 Å². The molecule has 0 saturated heterocycles. The Morgan fingerprint density at radius 1 is 1.03 bits per heavy atom. The van der Waals surface area contributed by atoms with E-state index in [0.717, 1.165) is 6.42 Å². The van der Waals surface area contributed by atoms with Crippen LogP contribution in [0.25, 0.3) is 0 Å². The van der Waals surface area contributed by atoms with Crippen molar-refractivity contribution in [3.05, 3.63) is 40.9 Å². The van der Waals surface area contributed by atoms with Crippen molar-refractivity contribution in [2.24, 2.45) is 0 Å². The fourth-order valence-corrected chi connectivity index (χ4v) is 3.08. The van der Waals surface area contributed by atoms with Gasteiger partial charge in [0.2, 0.25) is 5.75 Å². The first-order valence-corrected chi connectivity index (χ1v) is 10.7. The van der Waals surface area contributed by atoms with Crippen molar-refractivity contribution in [2.75, 3.05) is 40.6 Å². The van der Waals surface area contributed by atoms with Gasteiger partial charge in [-0.3, -0.25) is 4.79 Å². The second kappa shape index (κ2) is 12.9. The van der Waals surface area contributed by atoms with Crippen LogP contribution in [0.4, 0.5) is 0 Å². The zero-order valence-corrected chi connectivity index (χ0v) is 19.5. The number of methoxy groups -OCH3 is 2. The summed E-state index contributed by atoms with van der Waals surface area (Å²) in [6.45, 7) is 4.57. The average Bonchev–Trinajstić information content (AvgIpc) is 2.80. The first-order valence-electron chi connectivity index (χ1n) is 10.3. The van der Waals surface area contributed by atoms with E-state index in [1.54, 1.807) is 24.3 Å². The minimum atomic E-state index is -0.970. The van der Waals surface area contributed by atoms with Crippen LogP contribution in [0.1, 0.15) is 30.6 Å². The Hall–Kier alpha value is -2.84. The smallest absolute Gasteiger partial charge is 0.251 e. The third kappa shape index (κ3) is 6.83. The van der Waals surface area contributed by atoms with E-state index in [1.807, 2.05) is 13.8 Å². The summed E-state index contributed by atoms with van der Waals surface area (Å²) >= 11 is 6.31. The molecule has 0 bridgehead atoms. The summed E-state index contributed by atoms with van der Waals surface area (Å²) in [7, 11) is 3.02. The van der Waals surface area contributed by atoms with Gasteiger partial charge in [-0.15, -0.1) is 0 Å². The molecule has 0 aliphatic carbocycles. The molecule has 0 fully saturated rings. The van der Waals surface area contributed by atoms with Crippen LogP contribution >= 0.6 is 11.6 Å². The van der Waals surface area contributed by atoms with Gasteiger partial charge in [0.1, 0.15) is 12.7 Å². The Kier molecular flexibility index (Phi) is 10.2.